The molecule has 0 saturated carbocycles. The Morgan fingerprint density at radius 3 is 2.71 bits per heavy atom. The molecule has 2 rings (SSSR count). The summed E-state index contributed by atoms with van der Waals surface area (Å²) < 4.78 is 0. The zero-order valence-electron chi connectivity index (χ0n) is 12.4. The summed E-state index contributed by atoms with van der Waals surface area (Å²) in [6.07, 6.45) is 3.07. The van der Waals surface area contributed by atoms with Crippen LogP contribution >= 0.6 is 11.6 Å². The van der Waals surface area contributed by atoms with E-state index in [1.54, 1.807) is 13.1 Å². The summed E-state index contributed by atoms with van der Waals surface area (Å²) >= 11 is 6.17. The monoisotopic (exact) mass is 308 g/mol. The second kappa shape index (κ2) is 7.31. The van der Waals surface area contributed by atoms with Crippen LogP contribution in [0.1, 0.15) is 25.3 Å². The Kier molecular flexibility index (Phi) is 5.44. The zero-order chi connectivity index (χ0) is 15.2. The number of hydrogen-bond acceptors (Lipinski definition) is 2. The van der Waals surface area contributed by atoms with E-state index in [0.717, 1.165) is 37.9 Å². The molecule has 1 aromatic rings. The van der Waals surface area contributed by atoms with Crippen molar-refractivity contribution in [3.05, 3.63) is 28.8 Å². The van der Waals surface area contributed by atoms with Crippen molar-refractivity contribution in [1.82, 2.24) is 10.2 Å². The predicted octanol–water partition coefficient (Wildman–Crippen LogP) is 3.11. The summed E-state index contributed by atoms with van der Waals surface area (Å²) in [6, 6.07) is 5.29. The van der Waals surface area contributed by atoms with Crippen LogP contribution in [-0.4, -0.2) is 37.0 Å². The molecule has 0 radical (unpaired) electrons. The molecule has 114 valence electrons. The summed E-state index contributed by atoms with van der Waals surface area (Å²) in [6.45, 7) is 3.89. The number of aryl methyl sites for hydroxylation is 1. The Bertz CT molecular complexity index is 538. The van der Waals surface area contributed by atoms with Gasteiger partial charge in [-0.25, -0.2) is 4.79 Å². The third-order valence-corrected chi connectivity index (χ3v) is 3.88. The minimum atomic E-state index is -0.315. The minimum Gasteiger partial charge on any atom is -0.343 e. The third kappa shape index (κ3) is 3.88. The van der Waals surface area contributed by atoms with Gasteiger partial charge in [-0.05, 0) is 30.9 Å². The largest absolute Gasteiger partial charge is 0.343 e. The average Bonchev–Trinajstić information content (AvgIpc) is 3.01. The molecule has 1 fully saturated rings. The van der Waals surface area contributed by atoms with E-state index in [-0.39, 0.29) is 6.03 Å². The number of hydrogen-bond donors (Lipinski definition) is 2. The molecular formula is C15H21ClN4O. The quantitative estimate of drug-likeness (QED) is 0.651. The fourth-order valence-electron chi connectivity index (χ4n) is 2.46. The van der Waals surface area contributed by atoms with Crippen LogP contribution in [-0.2, 0) is 6.42 Å². The summed E-state index contributed by atoms with van der Waals surface area (Å²) in [7, 11) is 1.68. The molecule has 1 saturated heterocycles. The molecule has 21 heavy (non-hydrogen) atoms. The molecule has 1 aromatic carbocycles. The number of nitrogens with zero attached hydrogens (tertiary/aromatic N) is 2. The van der Waals surface area contributed by atoms with Crippen molar-refractivity contribution in [1.29, 1.82) is 0 Å². The van der Waals surface area contributed by atoms with Gasteiger partial charge in [0.15, 0.2) is 0 Å². The number of guanidine groups is 1. The van der Waals surface area contributed by atoms with E-state index in [4.69, 9.17) is 11.6 Å². The Labute approximate surface area is 130 Å². The Morgan fingerprint density at radius 2 is 2.10 bits per heavy atom. The van der Waals surface area contributed by atoms with Crippen molar-refractivity contribution in [3.8, 4) is 0 Å². The van der Waals surface area contributed by atoms with Crippen molar-refractivity contribution < 1.29 is 4.79 Å². The highest BCUT2D eigenvalue weighted by Crippen LogP contribution is 2.26. The molecule has 0 spiro atoms. The Balaban J connectivity index is 2.04. The molecular weight excluding hydrogens is 288 g/mol. The van der Waals surface area contributed by atoms with E-state index >= 15 is 0 Å². The summed E-state index contributed by atoms with van der Waals surface area (Å²) in [5, 5.41) is 6.17. The highest BCUT2D eigenvalue weighted by Gasteiger charge is 2.18. The fourth-order valence-corrected chi connectivity index (χ4v) is 2.70. The van der Waals surface area contributed by atoms with Gasteiger partial charge in [0.25, 0.3) is 0 Å². The first-order valence-electron chi connectivity index (χ1n) is 7.22. The van der Waals surface area contributed by atoms with E-state index in [2.05, 4.69) is 20.5 Å². The van der Waals surface area contributed by atoms with E-state index in [9.17, 15) is 4.79 Å². The van der Waals surface area contributed by atoms with Gasteiger partial charge in [0, 0.05) is 20.1 Å². The van der Waals surface area contributed by atoms with Gasteiger partial charge in [0.1, 0.15) is 0 Å². The van der Waals surface area contributed by atoms with Crippen LogP contribution in [0.4, 0.5) is 10.5 Å². The Hall–Kier alpha value is -1.75. The van der Waals surface area contributed by atoms with Crippen LogP contribution in [0.5, 0.6) is 0 Å². The van der Waals surface area contributed by atoms with Crippen molar-refractivity contribution in [3.63, 3.8) is 0 Å². The van der Waals surface area contributed by atoms with Crippen molar-refractivity contribution >= 4 is 29.3 Å². The number of likely N-dealkylation sites (tertiary alicyclic amines) is 1. The van der Waals surface area contributed by atoms with Crippen LogP contribution in [0.2, 0.25) is 5.02 Å². The number of amides is 2. The van der Waals surface area contributed by atoms with Gasteiger partial charge in [-0.3, -0.25) is 10.3 Å². The number of aliphatic imine (C=N–C) groups is 1. The SMILES string of the molecule is CCc1cccc(Cl)c1NC(=O)NC(=NC)N1CCCC1. The molecule has 1 heterocycles. The summed E-state index contributed by atoms with van der Waals surface area (Å²) in [5.41, 5.74) is 1.67. The van der Waals surface area contributed by atoms with E-state index in [0.29, 0.717) is 16.7 Å². The van der Waals surface area contributed by atoms with Gasteiger partial charge < -0.3 is 10.2 Å². The number of para-hydroxylation sites is 1. The number of carbonyl (C=O) groups is 1. The van der Waals surface area contributed by atoms with E-state index < -0.39 is 0 Å². The molecule has 0 bridgehead atoms. The number of halogens is 1. The standard InChI is InChI=1S/C15H21ClN4O/c1-3-11-7-6-8-12(16)13(11)18-15(21)19-14(17-2)20-9-4-5-10-20/h6-8H,3-5,9-10H2,1-2H3,(H2,17,18,19,21). The van der Waals surface area contributed by atoms with Crippen LogP contribution < -0.4 is 10.6 Å². The molecule has 1 aliphatic heterocycles. The molecule has 0 aromatic heterocycles. The number of nitrogens with one attached hydrogen (secondary N) is 2. The van der Waals surface area contributed by atoms with Gasteiger partial charge in [-0.1, -0.05) is 30.7 Å². The maximum absolute atomic E-state index is 12.2. The lowest BCUT2D eigenvalue weighted by Gasteiger charge is -2.20. The van der Waals surface area contributed by atoms with Crippen LogP contribution in [0.3, 0.4) is 0 Å². The first-order valence-corrected chi connectivity index (χ1v) is 7.60. The lowest BCUT2D eigenvalue weighted by molar-refractivity contribution is 0.255. The van der Waals surface area contributed by atoms with E-state index in [1.165, 1.54) is 0 Å². The minimum absolute atomic E-state index is 0.315. The van der Waals surface area contributed by atoms with E-state index in [1.807, 2.05) is 19.1 Å². The number of carbonyl (C=O) groups excluding carboxylic acids is 1. The first-order chi connectivity index (χ1) is 10.2. The number of rotatable bonds is 2. The molecule has 2 N–H and O–H groups in total. The van der Waals surface area contributed by atoms with Crippen LogP contribution in [0.25, 0.3) is 0 Å². The Morgan fingerprint density at radius 1 is 1.38 bits per heavy atom. The lowest BCUT2D eigenvalue weighted by Crippen LogP contribution is -2.44. The highest BCUT2D eigenvalue weighted by molar-refractivity contribution is 6.34. The summed E-state index contributed by atoms with van der Waals surface area (Å²) in [4.78, 5) is 18.4. The van der Waals surface area contributed by atoms with Crippen molar-refractivity contribution in [2.75, 3.05) is 25.5 Å². The van der Waals surface area contributed by atoms with Crippen molar-refractivity contribution in [2.24, 2.45) is 4.99 Å². The molecule has 0 aliphatic carbocycles. The summed E-state index contributed by atoms with van der Waals surface area (Å²) in [5.74, 6) is 0.607. The molecule has 5 nitrogen and oxygen atoms in total. The average molecular weight is 309 g/mol. The fraction of sp³-hybridized carbons (Fsp3) is 0.467. The topological polar surface area (TPSA) is 56.7 Å². The smallest absolute Gasteiger partial charge is 0.326 e. The predicted molar refractivity (Wildman–Crippen MR) is 87.2 cm³/mol. The molecule has 2 amide bonds. The van der Waals surface area contributed by atoms with Gasteiger partial charge in [0.2, 0.25) is 5.96 Å². The molecule has 0 atom stereocenters. The highest BCUT2D eigenvalue weighted by atomic mass is 35.5. The molecule has 1 aliphatic rings. The third-order valence-electron chi connectivity index (χ3n) is 3.56. The molecule has 6 heteroatoms. The second-order valence-corrected chi connectivity index (χ2v) is 5.36. The zero-order valence-corrected chi connectivity index (χ0v) is 13.2. The number of benzene rings is 1. The maximum Gasteiger partial charge on any atom is 0.326 e. The van der Waals surface area contributed by atoms with Crippen LogP contribution in [0.15, 0.2) is 23.2 Å². The van der Waals surface area contributed by atoms with Gasteiger partial charge in [-0.15, -0.1) is 0 Å². The van der Waals surface area contributed by atoms with Crippen LogP contribution in [0, 0.1) is 0 Å². The van der Waals surface area contributed by atoms with Gasteiger partial charge in [0.05, 0.1) is 10.7 Å². The second-order valence-electron chi connectivity index (χ2n) is 4.95. The van der Waals surface area contributed by atoms with Crippen molar-refractivity contribution in [2.45, 2.75) is 26.2 Å². The lowest BCUT2D eigenvalue weighted by atomic mass is 10.1. The molecule has 0 unspecified atom stereocenters. The van der Waals surface area contributed by atoms with Gasteiger partial charge >= 0.3 is 6.03 Å². The van der Waals surface area contributed by atoms with Gasteiger partial charge in [-0.2, -0.15) is 0 Å². The maximum atomic E-state index is 12.2. The number of anilines is 1. The first kappa shape index (κ1) is 15.6. The number of urea groups is 1. The normalized spacial score (nSPS) is 15.2.